The highest BCUT2D eigenvalue weighted by Gasteiger charge is 2.34. The SMILES string of the molecule is CCOC(=O)c1c(NC(=O)C(C)Sc2nc(N)cc(N)n2)sc2c1CCC(C(C)(C)C)C2. The van der Waals surface area contributed by atoms with E-state index < -0.39 is 5.25 Å². The number of thioether (sulfide) groups is 1. The molecule has 5 N–H and O–H groups in total. The number of carbonyl (C=O) groups is 2. The minimum Gasteiger partial charge on any atom is -0.462 e. The van der Waals surface area contributed by atoms with Crippen LogP contribution in [0, 0.1) is 11.3 Å². The summed E-state index contributed by atoms with van der Waals surface area (Å²) in [6.07, 6.45) is 2.71. The lowest BCUT2D eigenvalue weighted by molar-refractivity contribution is -0.115. The van der Waals surface area contributed by atoms with E-state index in [1.165, 1.54) is 17.4 Å². The Morgan fingerprint density at radius 2 is 1.97 bits per heavy atom. The molecule has 1 amide bonds. The predicted octanol–water partition coefficient (Wildman–Crippen LogP) is 4.15. The first-order chi connectivity index (χ1) is 15.0. The zero-order valence-electron chi connectivity index (χ0n) is 19.2. The summed E-state index contributed by atoms with van der Waals surface area (Å²) < 4.78 is 5.31. The van der Waals surface area contributed by atoms with Crippen LogP contribution in [0.2, 0.25) is 0 Å². The number of rotatable bonds is 6. The first-order valence-corrected chi connectivity index (χ1v) is 12.4. The van der Waals surface area contributed by atoms with E-state index in [1.54, 1.807) is 13.8 Å². The van der Waals surface area contributed by atoms with Gasteiger partial charge in [0.25, 0.3) is 0 Å². The molecular formula is C22H31N5O3S2. The molecule has 2 heterocycles. The minimum atomic E-state index is -0.521. The summed E-state index contributed by atoms with van der Waals surface area (Å²) in [6.45, 7) is 10.5. The largest absolute Gasteiger partial charge is 0.462 e. The van der Waals surface area contributed by atoms with Crippen LogP contribution in [0.1, 0.15) is 61.8 Å². The first kappa shape index (κ1) is 24.3. The number of nitrogens with one attached hydrogen (secondary N) is 1. The standard InChI is InChI=1S/C22H31N5O3S2/c1-6-30-20(29)17-13-8-7-12(22(3,4)5)9-14(13)32-19(17)27-18(28)11(2)31-21-25-15(23)10-16(24)26-21/h10-12H,6-9H2,1-5H3,(H,27,28)(H4,23,24,25,26). The van der Waals surface area contributed by atoms with Gasteiger partial charge < -0.3 is 21.5 Å². The van der Waals surface area contributed by atoms with Gasteiger partial charge in [-0.1, -0.05) is 32.5 Å². The van der Waals surface area contributed by atoms with Gasteiger partial charge in [0, 0.05) is 10.9 Å². The Balaban J connectivity index is 1.84. The Morgan fingerprint density at radius 3 is 2.56 bits per heavy atom. The van der Waals surface area contributed by atoms with Crippen molar-refractivity contribution in [3.05, 3.63) is 22.1 Å². The Morgan fingerprint density at radius 1 is 1.31 bits per heavy atom. The highest BCUT2D eigenvalue weighted by molar-refractivity contribution is 8.00. The predicted molar refractivity (Wildman–Crippen MR) is 130 cm³/mol. The molecule has 3 rings (SSSR count). The monoisotopic (exact) mass is 477 g/mol. The molecule has 10 heteroatoms. The molecule has 0 radical (unpaired) electrons. The van der Waals surface area contributed by atoms with Crippen molar-refractivity contribution in [2.45, 2.75) is 64.3 Å². The fourth-order valence-corrected chi connectivity index (χ4v) is 5.89. The number of nitrogens with two attached hydrogens (primary N) is 2. The molecule has 0 bridgehead atoms. The van der Waals surface area contributed by atoms with Crippen molar-refractivity contribution in [3.8, 4) is 0 Å². The Labute approximate surface area is 196 Å². The summed E-state index contributed by atoms with van der Waals surface area (Å²) in [6, 6.07) is 1.46. The second-order valence-corrected chi connectivity index (χ2v) is 11.4. The smallest absolute Gasteiger partial charge is 0.341 e. The Bertz CT molecular complexity index is 995. The zero-order valence-corrected chi connectivity index (χ0v) is 20.8. The molecule has 8 nitrogen and oxygen atoms in total. The third-order valence-electron chi connectivity index (χ3n) is 5.60. The molecule has 0 saturated carbocycles. The molecule has 174 valence electrons. The molecule has 2 aromatic heterocycles. The maximum atomic E-state index is 13.0. The van der Waals surface area contributed by atoms with Crippen LogP contribution in [0.5, 0.6) is 0 Å². The van der Waals surface area contributed by atoms with Crippen molar-refractivity contribution in [1.29, 1.82) is 0 Å². The van der Waals surface area contributed by atoms with Crippen molar-refractivity contribution in [3.63, 3.8) is 0 Å². The van der Waals surface area contributed by atoms with Crippen LogP contribution in [0.3, 0.4) is 0 Å². The number of nitrogen functional groups attached to an aromatic ring is 2. The van der Waals surface area contributed by atoms with Crippen LogP contribution in [0.15, 0.2) is 11.2 Å². The number of carbonyl (C=O) groups excluding carboxylic acids is 2. The molecule has 2 aromatic rings. The fraction of sp³-hybridized carbons (Fsp3) is 0.545. The van der Waals surface area contributed by atoms with E-state index in [1.807, 2.05) is 0 Å². The van der Waals surface area contributed by atoms with Crippen LogP contribution >= 0.6 is 23.1 Å². The van der Waals surface area contributed by atoms with Gasteiger partial charge in [-0.25, -0.2) is 14.8 Å². The molecule has 0 aliphatic heterocycles. The number of anilines is 3. The second kappa shape index (κ2) is 9.66. The number of aromatic nitrogens is 2. The van der Waals surface area contributed by atoms with Gasteiger partial charge in [0.05, 0.1) is 17.4 Å². The zero-order chi connectivity index (χ0) is 23.6. The molecule has 1 aliphatic rings. The summed E-state index contributed by atoms with van der Waals surface area (Å²) in [7, 11) is 0. The third-order valence-corrected chi connectivity index (χ3v) is 7.73. The van der Waals surface area contributed by atoms with Gasteiger partial charge in [-0.05, 0) is 50.0 Å². The molecule has 0 saturated heterocycles. The number of hydrogen-bond acceptors (Lipinski definition) is 9. The van der Waals surface area contributed by atoms with E-state index in [0.717, 1.165) is 41.5 Å². The van der Waals surface area contributed by atoms with Crippen LogP contribution in [-0.4, -0.2) is 33.7 Å². The highest BCUT2D eigenvalue weighted by Crippen LogP contribution is 2.44. The van der Waals surface area contributed by atoms with Crippen molar-refractivity contribution in [2.75, 3.05) is 23.4 Å². The number of esters is 1. The normalized spacial score (nSPS) is 16.8. The van der Waals surface area contributed by atoms with Crippen LogP contribution in [0.25, 0.3) is 0 Å². The van der Waals surface area contributed by atoms with E-state index in [0.29, 0.717) is 21.6 Å². The number of fused-ring (bicyclic) bond motifs is 1. The van der Waals surface area contributed by atoms with Gasteiger partial charge in [-0.3, -0.25) is 4.79 Å². The summed E-state index contributed by atoms with van der Waals surface area (Å²) in [5.74, 6) is 0.374. The average molecular weight is 478 g/mol. The molecule has 0 fully saturated rings. The Hall–Kier alpha value is -2.33. The highest BCUT2D eigenvalue weighted by atomic mass is 32.2. The lowest BCUT2D eigenvalue weighted by atomic mass is 9.72. The maximum Gasteiger partial charge on any atom is 0.341 e. The topological polar surface area (TPSA) is 133 Å². The summed E-state index contributed by atoms with van der Waals surface area (Å²) >= 11 is 2.64. The van der Waals surface area contributed by atoms with E-state index in [2.05, 4.69) is 36.1 Å². The van der Waals surface area contributed by atoms with Gasteiger partial charge in [0.1, 0.15) is 16.6 Å². The van der Waals surface area contributed by atoms with Crippen LogP contribution in [-0.2, 0) is 22.4 Å². The summed E-state index contributed by atoms with van der Waals surface area (Å²) in [5, 5.41) is 3.31. The van der Waals surface area contributed by atoms with Gasteiger partial charge in [0.15, 0.2) is 5.16 Å². The van der Waals surface area contributed by atoms with Gasteiger partial charge in [-0.2, -0.15) is 0 Å². The molecule has 1 aliphatic carbocycles. The second-order valence-electron chi connectivity index (χ2n) is 8.98. The lowest BCUT2D eigenvalue weighted by Gasteiger charge is -2.33. The number of amides is 1. The van der Waals surface area contributed by atoms with E-state index in [4.69, 9.17) is 16.2 Å². The van der Waals surface area contributed by atoms with Crippen molar-refractivity contribution in [2.24, 2.45) is 11.3 Å². The molecular weight excluding hydrogens is 446 g/mol. The van der Waals surface area contributed by atoms with Crippen molar-refractivity contribution >= 4 is 51.6 Å². The third kappa shape index (κ3) is 5.53. The van der Waals surface area contributed by atoms with Crippen LogP contribution < -0.4 is 16.8 Å². The number of hydrogen-bond donors (Lipinski definition) is 3. The molecule has 32 heavy (non-hydrogen) atoms. The van der Waals surface area contributed by atoms with Gasteiger partial charge in [0.2, 0.25) is 5.91 Å². The van der Waals surface area contributed by atoms with Gasteiger partial charge >= 0.3 is 5.97 Å². The Kier molecular flexibility index (Phi) is 7.34. The van der Waals surface area contributed by atoms with E-state index in [-0.39, 0.29) is 35.5 Å². The molecule has 2 unspecified atom stereocenters. The van der Waals surface area contributed by atoms with Crippen LogP contribution in [0.4, 0.5) is 16.6 Å². The first-order valence-electron chi connectivity index (χ1n) is 10.7. The van der Waals surface area contributed by atoms with E-state index in [9.17, 15) is 9.59 Å². The van der Waals surface area contributed by atoms with Crippen molar-refractivity contribution < 1.29 is 14.3 Å². The maximum absolute atomic E-state index is 13.0. The number of ether oxygens (including phenoxy) is 1. The fourth-order valence-electron chi connectivity index (χ4n) is 3.77. The lowest BCUT2D eigenvalue weighted by Crippen LogP contribution is -2.27. The summed E-state index contributed by atoms with van der Waals surface area (Å²) in [4.78, 5) is 35.1. The quantitative estimate of drug-likeness (QED) is 0.321. The van der Waals surface area contributed by atoms with E-state index >= 15 is 0 Å². The molecule has 0 spiro atoms. The summed E-state index contributed by atoms with van der Waals surface area (Å²) in [5.41, 5.74) is 13.1. The number of thiophene rings is 1. The molecule has 0 aromatic carbocycles. The van der Waals surface area contributed by atoms with Crippen molar-refractivity contribution in [1.82, 2.24) is 9.97 Å². The number of nitrogens with zero attached hydrogens (tertiary/aromatic N) is 2. The minimum absolute atomic E-state index is 0.180. The average Bonchev–Trinajstić information content (AvgIpc) is 3.03. The van der Waals surface area contributed by atoms with Gasteiger partial charge in [-0.15, -0.1) is 11.3 Å². The molecule has 2 atom stereocenters.